The number of allylic oxidation sites excluding steroid dienone is 1. The van der Waals surface area contributed by atoms with Gasteiger partial charge in [-0.1, -0.05) is 30.3 Å². The first-order valence-electron chi connectivity index (χ1n) is 5.59. The van der Waals surface area contributed by atoms with Gasteiger partial charge in [-0.05, 0) is 31.2 Å². The van der Waals surface area contributed by atoms with Gasteiger partial charge in [-0.25, -0.2) is 9.79 Å². The normalized spacial score (nSPS) is 10.4. The van der Waals surface area contributed by atoms with E-state index in [0.717, 1.165) is 11.1 Å². The summed E-state index contributed by atoms with van der Waals surface area (Å²) in [5, 5.41) is 0. The molecule has 1 aromatic rings. The molecule has 96 valence electrons. The average molecular weight is 263 g/mol. The number of esters is 1. The van der Waals surface area contributed by atoms with E-state index in [0.29, 0.717) is 5.70 Å². The SMILES string of the molecule is CSC=NC(C(=O)OCc1ccccc1)=C(C)C. The Labute approximate surface area is 112 Å². The number of carbonyl (C=O) groups is 1. The van der Waals surface area contributed by atoms with Crippen LogP contribution in [0.1, 0.15) is 19.4 Å². The highest BCUT2D eigenvalue weighted by molar-refractivity contribution is 8.11. The van der Waals surface area contributed by atoms with Crippen molar-refractivity contribution in [3.8, 4) is 0 Å². The first kappa shape index (κ1) is 14.5. The summed E-state index contributed by atoms with van der Waals surface area (Å²) in [6, 6.07) is 9.59. The van der Waals surface area contributed by atoms with Gasteiger partial charge in [-0.15, -0.1) is 11.8 Å². The van der Waals surface area contributed by atoms with E-state index in [-0.39, 0.29) is 12.6 Å². The van der Waals surface area contributed by atoms with E-state index in [9.17, 15) is 4.79 Å². The molecule has 0 aliphatic carbocycles. The van der Waals surface area contributed by atoms with Gasteiger partial charge in [0.15, 0.2) is 0 Å². The lowest BCUT2D eigenvalue weighted by molar-refractivity contribution is -0.140. The third-order valence-corrected chi connectivity index (χ3v) is 2.48. The second-order valence-electron chi connectivity index (χ2n) is 3.88. The molecule has 0 aromatic heterocycles. The summed E-state index contributed by atoms with van der Waals surface area (Å²) in [5.41, 5.74) is 3.82. The fourth-order valence-corrected chi connectivity index (χ4v) is 1.49. The number of thioether (sulfide) groups is 1. The zero-order valence-electron chi connectivity index (χ0n) is 10.8. The molecule has 0 aliphatic heterocycles. The summed E-state index contributed by atoms with van der Waals surface area (Å²) < 4.78 is 5.23. The van der Waals surface area contributed by atoms with Gasteiger partial charge in [0.2, 0.25) is 0 Å². The van der Waals surface area contributed by atoms with Gasteiger partial charge in [-0.3, -0.25) is 0 Å². The Kier molecular flexibility index (Phi) is 6.22. The molecule has 18 heavy (non-hydrogen) atoms. The minimum Gasteiger partial charge on any atom is -0.456 e. The second kappa shape index (κ2) is 7.71. The summed E-state index contributed by atoms with van der Waals surface area (Å²) in [6.07, 6.45) is 1.89. The molecular weight excluding hydrogens is 246 g/mol. The molecule has 1 rings (SSSR count). The van der Waals surface area contributed by atoms with Crippen LogP contribution in [0.2, 0.25) is 0 Å². The smallest absolute Gasteiger partial charge is 0.357 e. The number of aliphatic imine (C=N–C) groups is 1. The van der Waals surface area contributed by atoms with Crippen LogP contribution in [-0.4, -0.2) is 17.8 Å². The Balaban J connectivity index is 2.64. The minimum absolute atomic E-state index is 0.269. The second-order valence-corrected chi connectivity index (χ2v) is 4.56. The molecule has 0 spiro atoms. The first-order chi connectivity index (χ1) is 8.65. The fraction of sp³-hybridized carbons (Fsp3) is 0.286. The van der Waals surface area contributed by atoms with E-state index < -0.39 is 0 Å². The van der Waals surface area contributed by atoms with Crippen LogP contribution in [-0.2, 0) is 16.1 Å². The largest absolute Gasteiger partial charge is 0.456 e. The highest BCUT2D eigenvalue weighted by atomic mass is 32.2. The summed E-state index contributed by atoms with van der Waals surface area (Å²) in [4.78, 5) is 16.0. The van der Waals surface area contributed by atoms with Gasteiger partial charge in [0, 0.05) is 0 Å². The van der Waals surface area contributed by atoms with E-state index in [4.69, 9.17) is 4.74 Å². The predicted molar refractivity (Wildman–Crippen MR) is 76.6 cm³/mol. The van der Waals surface area contributed by atoms with E-state index in [2.05, 4.69) is 4.99 Å². The number of ether oxygens (including phenoxy) is 1. The number of hydrogen-bond acceptors (Lipinski definition) is 4. The van der Waals surface area contributed by atoms with Crippen molar-refractivity contribution >= 4 is 23.3 Å². The average Bonchev–Trinajstić information content (AvgIpc) is 2.37. The monoisotopic (exact) mass is 263 g/mol. The van der Waals surface area contributed by atoms with E-state index >= 15 is 0 Å². The van der Waals surface area contributed by atoms with Gasteiger partial charge in [0.05, 0.1) is 5.55 Å². The summed E-state index contributed by atoms with van der Waals surface area (Å²) in [7, 11) is 0. The highest BCUT2D eigenvalue weighted by Crippen LogP contribution is 2.10. The molecule has 0 fully saturated rings. The standard InChI is InChI=1S/C14H17NO2S/c1-11(2)13(15-10-18-3)14(16)17-9-12-7-5-4-6-8-12/h4-8,10H,9H2,1-3H3. The van der Waals surface area contributed by atoms with Crippen molar-refractivity contribution in [3.05, 3.63) is 47.2 Å². The van der Waals surface area contributed by atoms with E-state index in [1.54, 1.807) is 5.55 Å². The lowest BCUT2D eigenvalue weighted by Crippen LogP contribution is -2.08. The molecule has 0 heterocycles. The summed E-state index contributed by atoms with van der Waals surface area (Å²) in [6.45, 7) is 3.96. The summed E-state index contributed by atoms with van der Waals surface area (Å²) in [5.74, 6) is -0.385. The molecule has 0 saturated heterocycles. The lowest BCUT2D eigenvalue weighted by atomic mass is 10.2. The third kappa shape index (κ3) is 4.75. The minimum atomic E-state index is -0.385. The highest BCUT2D eigenvalue weighted by Gasteiger charge is 2.11. The van der Waals surface area contributed by atoms with Crippen LogP contribution in [0.15, 0.2) is 46.6 Å². The Morgan fingerprint density at radius 2 is 2.00 bits per heavy atom. The van der Waals surface area contributed by atoms with Crippen LogP contribution in [0, 0.1) is 0 Å². The van der Waals surface area contributed by atoms with Crippen LogP contribution in [0.5, 0.6) is 0 Å². The molecule has 1 aromatic carbocycles. The predicted octanol–water partition coefficient (Wildman–Crippen LogP) is 3.42. The van der Waals surface area contributed by atoms with Gasteiger partial charge in [-0.2, -0.15) is 0 Å². The molecule has 0 saturated carbocycles. The van der Waals surface area contributed by atoms with Crippen molar-refractivity contribution < 1.29 is 9.53 Å². The van der Waals surface area contributed by atoms with Gasteiger partial charge in [0.25, 0.3) is 0 Å². The van der Waals surface area contributed by atoms with Crippen molar-refractivity contribution in [1.29, 1.82) is 0 Å². The Morgan fingerprint density at radius 3 is 2.56 bits per heavy atom. The molecule has 0 unspecified atom stereocenters. The number of hydrogen-bond donors (Lipinski definition) is 0. The topological polar surface area (TPSA) is 38.7 Å². The number of carbonyl (C=O) groups excluding carboxylic acids is 1. The number of rotatable bonds is 5. The zero-order valence-corrected chi connectivity index (χ0v) is 11.7. The maximum atomic E-state index is 11.9. The van der Waals surface area contributed by atoms with Gasteiger partial charge < -0.3 is 4.74 Å². The van der Waals surface area contributed by atoms with E-state index in [1.807, 2.05) is 50.4 Å². The van der Waals surface area contributed by atoms with Crippen molar-refractivity contribution in [2.24, 2.45) is 4.99 Å². The zero-order chi connectivity index (χ0) is 13.4. The number of nitrogens with zero attached hydrogens (tertiary/aromatic N) is 1. The van der Waals surface area contributed by atoms with E-state index in [1.165, 1.54) is 11.8 Å². The first-order valence-corrected chi connectivity index (χ1v) is 6.87. The van der Waals surface area contributed by atoms with Crippen LogP contribution in [0.25, 0.3) is 0 Å². The van der Waals surface area contributed by atoms with Crippen LogP contribution < -0.4 is 0 Å². The molecule has 0 radical (unpaired) electrons. The fourth-order valence-electron chi connectivity index (χ4n) is 1.28. The van der Waals surface area contributed by atoms with Crippen LogP contribution in [0.4, 0.5) is 0 Å². The molecule has 4 heteroatoms. The van der Waals surface area contributed by atoms with Crippen molar-refractivity contribution in [1.82, 2.24) is 0 Å². The molecule has 0 atom stereocenters. The van der Waals surface area contributed by atoms with Gasteiger partial charge >= 0.3 is 5.97 Å². The molecule has 0 aliphatic rings. The van der Waals surface area contributed by atoms with Crippen LogP contribution in [0.3, 0.4) is 0 Å². The lowest BCUT2D eigenvalue weighted by Gasteiger charge is -2.06. The Morgan fingerprint density at radius 1 is 1.33 bits per heavy atom. The molecule has 3 nitrogen and oxygen atoms in total. The van der Waals surface area contributed by atoms with Crippen molar-refractivity contribution in [3.63, 3.8) is 0 Å². The molecule has 0 bridgehead atoms. The Bertz CT molecular complexity index is 448. The third-order valence-electron chi connectivity index (χ3n) is 2.17. The summed E-state index contributed by atoms with van der Waals surface area (Å²) >= 11 is 1.45. The molecule has 0 N–H and O–H groups in total. The maximum Gasteiger partial charge on any atom is 0.357 e. The van der Waals surface area contributed by atoms with Gasteiger partial charge in [0.1, 0.15) is 12.3 Å². The van der Waals surface area contributed by atoms with Crippen LogP contribution >= 0.6 is 11.8 Å². The van der Waals surface area contributed by atoms with Crippen molar-refractivity contribution in [2.75, 3.05) is 6.26 Å². The molecule has 0 amide bonds. The maximum absolute atomic E-state index is 11.9. The quantitative estimate of drug-likeness (QED) is 0.353. The Hall–Kier alpha value is -1.55. The van der Waals surface area contributed by atoms with Crippen molar-refractivity contribution in [2.45, 2.75) is 20.5 Å². The number of benzene rings is 1. The molecular formula is C14H17NO2S.